The van der Waals surface area contributed by atoms with E-state index in [4.69, 9.17) is 9.47 Å². The van der Waals surface area contributed by atoms with Crippen molar-refractivity contribution in [3.8, 4) is 11.5 Å². The first-order valence-electron chi connectivity index (χ1n) is 8.63. The molecule has 1 amide bonds. The third-order valence-electron chi connectivity index (χ3n) is 4.53. The van der Waals surface area contributed by atoms with Crippen LogP contribution in [0.15, 0.2) is 46.9 Å². The van der Waals surface area contributed by atoms with Crippen molar-refractivity contribution in [2.45, 2.75) is 13.0 Å². The monoisotopic (exact) mass is 418 g/mol. The van der Waals surface area contributed by atoms with Crippen LogP contribution in [-0.4, -0.2) is 50.7 Å². The summed E-state index contributed by atoms with van der Waals surface area (Å²) in [7, 11) is 3.41. The molecule has 2 aromatic rings. The van der Waals surface area contributed by atoms with Gasteiger partial charge in [0.2, 0.25) is 0 Å². The molecule has 3 rings (SSSR count). The molecule has 0 N–H and O–H groups in total. The van der Waals surface area contributed by atoms with Crippen LogP contribution < -0.4 is 14.4 Å². The van der Waals surface area contributed by atoms with Crippen LogP contribution in [0, 0.1) is 0 Å². The van der Waals surface area contributed by atoms with E-state index in [9.17, 15) is 4.79 Å². The highest BCUT2D eigenvalue weighted by atomic mass is 79.9. The maximum absolute atomic E-state index is 12.8. The van der Waals surface area contributed by atoms with E-state index in [1.807, 2.05) is 18.2 Å². The summed E-state index contributed by atoms with van der Waals surface area (Å²) in [5.41, 5.74) is 1.73. The molecule has 1 atom stereocenters. The number of benzene rings is 2. The van der Waals surface area contributed by atoms with Crippen LogP contribution in [0.4, 0.5) is 5.69 Å². The number of carbonyl (C=O) groups is 1. The Morgan fingerprint density at radius 2 is 2.12 bits per heavy atom. The minimum absolute atomic E-state index is 0.0427. The lowest BCUT2D eigenvalue weighted by Gasteiger charge is -2.37. The smallest absolute Gasteiger partial charge is 0.253 e. The SMILES string of the molecule is CCN1C[C@@H](CN(C)C(=O)c2ccc(OC)c(Br)c2)Oc2ccccc21. The summed E-state index contributed by atoms with van der Waals surface area (Å²) in [4.78, 5) is 16.8. The van der Waals surface area contributed by atoms with Crippen molar-refractivity contribution < 1.29 is 14.3 Å². The molecule has 1 aliphatic heterocycles. The van der Waals surface area contributed by atoms with Crippen LogP contribution in [0.25, 0.3) is 0 Å². The lowest BCUT2D eigenvalue weighted by molar-refractivity contribution is 0.0709. The summed E-state index contributed by atoms with van der Waals surface area (Å²) in [6.07, 6.45) is -0.0690. The summed E-state index contributed by atoms with van der Waals surface area (Å²) in [6, 6.07) is 13.4. The molecule has 0 fully saturated rings. The molecule has 2 aromatic carbocycles. The minimum atomic E-state index is -0.0690. The number of hydrogen-bond donors (Lipinski definition) is 0. The van der Waals surface area contributed by atoms with Gasteiger partial charge in [-0.2, -0.15) is 0 Å². The molecule has 6 heteroatoms. The fraction of sp³-hybridized carbons (Fsp3) is 0.350. The van der Waals surface area contributed by atoms with Crippen molar-refractivity contribution in [1.29, 1.82) is 0 Å². The number of methoxy groups -OCH3 is 1. The summed E-state index contributed by atoms with van der Waals surface area (Å²) in [6.45, 7) is 4.31. The van der Waals surface area contributed by atoms with Gasteiger partial charge in [0.05, 0.1) is 30.4 Å². The number of fused-ring (bicyclic) bond motifs is 1. The van der Waals surface area contributed by atoms with Crippen molar-refractivity contribution in [3.63, 3.8) is 0 Å². The zero-order valence-electron chi connectivity index (χ0n) is 15.2. The van der Waals surface area contributed by atoms with Crippen LogP contribution in [0.5, 0.6) is 11.5 Å². The third kappa shape index (κ3) is 3.80. The summed E-state index contributed by atoms with van der Waals surface area (Å²) in [5.74, 6) is 1.53. The average Bonchev–Trinajstić information content (AvgIpc) is 2.66. The molecule has 1 aliphatic rings. The van der Waals surface area contributed by atoms with E-state index in [1.165, 1.54) is 0 Å². The average molecular weight is 419 g/mol. The zero-order valence-corrected chi connectivity index (χ0v) is 16.8. The molecular formula is C20H23BrN2O3. The van der Waals surface area contributed by atoms with Crippen molar-refractivity contribution in [2.24, 2.45) is 0 Å². The summed E-state index contributed by atoms with van der Waals surface area (Å²) < 4.78 is 12.1. The van der Waals surface area contributed by atoms with Gasteiger partial charge in [-0.05, 0) is 53.2 Å². The highest BCUT2D eigenvalue weighted by Crippen LogP contribution is 2.33. The summed E-state index contributed by atoms with van der Waals surface area (Å²) >= 11 is 3.43. The lowest BCUT2D eigenvalue weighted by Crippen LogP contribution is -2.46. The van der Waals surface area contributed by atoms with Crippen molar-refractivity contribution in [1.82, 2.24) is 4.90 Å². The third-order valence-corrected chi connectivity index (χ3v) is 5.15. The zero-order chi connectivity index (χ0) is 18.7. The highest BCUT2D eigenvalue weighted by Gasteiger charge is 2.27. The van der Waals surface area contributed by atoms with E-state index in [2.05, 4.69) is 33.8 Å². The molecule has 138 valence electrons. The Bertz CT molecular complexity index is 796. The van der Waals surface area contributed by atoms with Gasteiger partial charge < -0.3 is 19.3 Å². The van der Waals surface area contributed by atoms with E-state index < -0.39 is 0 Å². The molecule has 0 saturated heterocycles. The second kappa shape index (κ2) is 7.99. The van der Waals surface area contributed by atoms with Crippen LogP contribution in [-0.2, 0) is 0 Å². The molecular weight excluding hydrogens is 396 g/mol. The molecule has 26 heavy (non-hydrogen) atoms. The number of amides is 1. The first kappa shape index (κ1) is 18.6. The molecule has 0 radical (unpaired) electrons. The Morgan fingerprint density at radius 1 is 1.35 bits per heavy atom. The number of nitrogens with zero attached hydrogens (tertiary/aromatic N) is 2. The number of likely N-dealkylation sites (N-methyl/N-ethyl adjacent to an activating group) is 2. The number of anilines is 1. The van der Waals surface area contributed by atoms with Gasteiger partial charge in [-0.15, -0.1) is 0 Å². The predicted octanol–water partition coefficient (Wildman–Crippen LogP) is 3.82. The molecule has 0 bridgehead atoms. The van der Waals surface area contributed by atoms with Gasteiger partial charge in [0.25, 0.3) is 5.91 Å². The normalized spacial score (nSPS) is 15.8. The standard InChI is InChI=1S/C20H23BrN2O3/c1-4-23-13-15(26-19-8-6-5-7-17(19)23)12-22(2)20(24)14-9-10-18(25-3)16(21)11-14/h5-11,15H,4,12-13H2,1-3H3/t15-/m1/s1. The van der Waals surface area contributed by atoms with Crippen molar-refractivity contribution in [3.05, 3.63) is 52.5 Å². The van der Waals surface area contributed by atoms with Crippen molar-refractivity contribution >= 4 is 27.5 Å². The first-order chi connectivity index (χ1) is 12.5. The highest BCUT2D eigenvalue weighted by molar-refractivity contribution is 9.10. The number of rotatable bonds is 5. The maximum atomic E-state index is 12.8. The van der Waals surface area contributed by atoms with Gasteiger partial charge in [0, 0.05) is 19.2 Å². The summed E-state index contributed by atoms with van der Waals surface area (Å²) in [5, 5.41) is 0. The molecule has 0 aliphatic carbocycles. The first-order valence-corrected chi connectivity index (χ1v) is 9.42. The Morgan fingerprint density at radius 3 is 2.81 bits per heavy atom. The van der Waals surface area contributed by atoms with Gasteiger partial charge in [0.15, 0.2) is 0 Å². The van der Waals surface area contributed by atoms with E-state index >= 15 is 0 Å². The Balaban J connectivity index is 1.71. The lowest BCUT2D eigenvalue weighted by atomic mass is 10.1. The molecule has 0 spiro atoms. The van der Waals surface area contributed by atoms with Crippen LogP contribution in [0.1, 0.15) is 17.3 Å². The van der Waals surface area contributed by atoms with E-state index in [1.54, 1.807) is 37.3 Å². The largest absolute Gasteiger partial charge is 0.496 e. The van der Waals surface area contributed by atoms with Crippen molar-refractivity contribution in [2.75, 3.05) is 38.7 Å². The fourth-order valence-electron chi connectivity index (χ4n) is 3.18. The number of ether oxygens (including phenoxy) is 2. The molecule has 1 heterocycles. The van der Waals surface area contributed by atoms with E-state index in [-0.39, 0.29) is 12.0 Å². The second-order valence-corrected chi connectivity index (χ2v) is 7.14. The Hall–Kier alpha value is -2.21. The van der Waals surface area contributed by atoms with E-state index in [0.29, 0.717) is 17.9 Å². The number of para-hydroxylation sites is 2. The van der Waals surface area contributed by atoms with Gasteiger partial charge in [-0.1, -0.05) is 12.1 Å². The second-order valence-electron chi connectivity index (χ2n) is 6.28. The molecule has 0 saturated carbocycles. The quantitative estimate of drug-likeness (QED) is 0.739. The van der Waals surface area contributed by atoms with Gasteiger partial charge >= 0.3 is 0 Å². The van der Waals surface area contributed by atoms with Crippen LogP contribution >= 0.6 is 15.9 Å². The predicted molar refractivity (Wildman–Crippen MR) is 106 cm³/mol. The number of carbonyl (C=O) groups excluding carboxylic acids is 1. The molecule has 0 aromatic heterocycles. The molecule has 0 unspecified atom stereocenters. The Kier molecular flexibility index (Phi) is 5.71. The number of halogens is 1. The maximum Gasteiger partial charge on any atom is 0.253 e. The topological polar surface area (TPSA) is 42.0 Å². The van der Waals surface area contributed by atoms with E-state index in [0.717, 1.165) is 29.0 Å². The van der Waals surface area contributed by atoms with Crippen LogP contribution in [0.2, 0.25) is 0 Å². The molecule has 5 nitrogen and oxygen atoms in total. The van der Waals surface area contributed by atoms with Gasteiger partial charge in [-0.25, -0.2) is 0 Å². The van der Waals surface area contributed by atoms with Crippen LogP contribution in [0.3, 0.4) is 0 Å². The van der Waals surface area contributed by atoms with Gasteiger partial charge in [0.1, 0.15) is 17.6 Å². The fourth-order valence-corrected chi connectivity index (χ4v) is 3.72. The number of hydrogen-bond acceptors (Lipinski definition) is 4. The minimum Gasteiger partial charge on any atom is -0.496 e. The Labute approximate surface area is 162 Å². The van der Waals surface area contributed by atoms with Gasteiger partial charge in [-0.3, -0.25) is 4.79 Å².